The molecule has 4 aliphatic rings. The molecule has 4 aliphatic heterocycles. The average molecular weight is 420 g/mol. The highest BCUT2D eigenvalue weighted by Crippen LogP contribution is 2.36. The first-order valence-electron chi connectivity index (χ1n) is 11.5. The summed E-state index contributed by atoms with van der Waals surface area (Å²) >= 11 is 0. The Hall–Kier alpha value is -2.44. The minimum absolute atomic E-state index is 0.104. The van der Waals surface area contributed by atoms with E-state index in [0.29, 0.717) is 37.1 Å². The van der Waals surface area contributed by atoms with E-state index in [1.165, 1.54) is 11.1 Å². The quantitative estimate of drug-likeness (QED) is 0.767. The van der Waals surface area contributed by atoms with Crippen molar-refractivity contribution in [3.05, 3.63) is 69.1 Å². The number of morpholine rings is 1. The van der Waals surface area contributed by atoms with Gasteiger partial charge in [-0.15, -0.1) is 0 Å². The van der Waals surface area contributed by atoms with Crippen LogP contribution < -0.4 is 5.56 Å². The van der Waals surface area contributed by atoms with Crippen LogP contribution in [0.3, 0.4) is 0 Å². The predicted molar refractivity (Wildman–Crippen MR) is 117 cm³/mol. The van der Waals surface area contributed by atoms with Crippen molar-refractivity contribution < 1.29 is 9.53 Å². The molecule has 0 spiro atoms. The van der Waals surface area contributed by atoms with Gasteiger partial charge in [-0.1, -0.05) is 29.8 Å². The van der Waals surface area contributed by atoms with Crippen molar-refractivity contribution in [2.24, 2.45) is 5.92 Å². The lowest BCUT2D eigenvalue weighted by Crippen LogP contribution is -2.48. The van der Waals surface area contributed by atoms with Crippen LogP contribution in [0, 0.1) is 12.8 Å². The maximum absolute atomic E-state index is 13.3. The van der Waals surface area contributed by atoms with E-state index < -0.39 is 0 Å². The van der Waals surface area contributed by atoms with Crippen molar-refractivity contribution in [1.29, 1.82) is 0 Å². The fraction of sp³-hybridized carbons (Fsp3) is 0.520. The van der Waals surface area contributed by atoms with E-state index in [0.717, 1.165) is 38.2 Å². The van der Waals surface area contributed by atoms with E-state index >= 15 is 0 Å². The van der Waals surface area contributed by atoms with Gasteiger partial charge in [0.1, 0.15) is 5.56 Å². The standard InChI is InChI=1S/C25H29N3O3/c1-16-3-2-4-17(7-16)10-26-11-18-8-19(13-26)23-6-5-22(25(30)28(23)12-18)24(29)27-14-21-9-20(27)15-31-21/h2-7,18-21H,8-15H2,1H3/t18-,19+,20+,21+/m0/s1. The molecule has 4 atom stereocenters. The lowest BCUT2D eigenvalue weighted by atomic mass is 9.82. The molecule has 0 saturated carbocycles. The first-order valence-corrected chi connectivity index (χ1v) is 11.5. The van der Waals surface area contributed by atoms with Crippen LogP contribution in [0.15, 0.2) is 41.2 Å². The molecule has 1 aromatic heterocycles. The summed E-state index contributed by atoms with van der Waals surface area (Å²) in [6.45, 7) is 6.98. The maximum atomic E-state index is 13.3. The van der Waals surface area contributed by atoms with Gasteiger partial charge in [-0.2, -0.15) is 0 Å². The van der Waals surface area contributed by atoms with Crippen LogP contribution in [0.2, 0.25) is 0 Å². The number of likely N-dealkylation sites (tertiary alicyclic amines) is 2. The van der Waals surface area contributed by atoms with Gasteiger partial charge in [0.05, 0.1) is 18.8 Å². The van der Waals surface area contributed by atoms with E-state index in [1.807, 2.05) is 15.5 Å². The van der Waals surface area contributed by atoms with Crippen molar-refractivity contribution in [2.45, 2.75) is 50.9 Å². The van der Waals surface area contributed by atoms with E-state index in [9.17, 15) is 9.59 Å². The number of ether oxygens (including phenoxy) is 1. The van der Waals surface area contributed by atoms with Gasteiger partial charge in [-0.25, -0.2) is 0 Å². The molecule has 2 aromatic rings. The van der Waals surface area contributed by atoms with Gasteiger partial charge in [0.15, 0.2) is 0 Å². The molecule has 3 fully saturated rings. The lowest BCUT2D eigenvalue weighted by Gasteiger charge is -2.43. The Kier molecular flexibility index (Phi) is 4.54. The highest BCUT2D eigenvalue weighted by Gasteiger charge is 2.43. The summed E-state index contributed by atoms with van der Waals surface area (Å²) < 4.78 is 7.52. The second-order valence-corrected chi connectivity index (χ2v) is 9.87. The number of aromatic nitrogens is 1. The molecule has 5 heterocycles. The summed E-state index contributed by atoms with van der Waals surface area (Å²) in [5.74, 6) is 0.688. The van der Waals surface area contributed by atoms with Gasteiger partial charge < -0.3 is 14.2 Å². The summed E-state index contributed by atoms with van der Waals surface area (Å²) in [6.07, 6.45) is 2.18. The Morgan fingerprint density at radius 3 is 2.77 bits per heavy atom. The molecule has 6 rings (SSSR count). The molecule has 1 amide bonds. The highest BCUT2D eigenvalue weighted by atomic mass is 16.5. The van der Waals surface area contributed by atoms with Gasteiger partial charge in [-0.3, -0.25) is 14.5 Å². The number of piperidine rings is 1. The zero-order valence-corrected chi connectivity index (χ0v) is 18.0. The smallest absolute Gasteiger partial charge is 0.263 e. The molecule has 0 unspecified atom stereocenters. The number of carbonyl (C=O) groups excluding carboxylic acids is 1. The summed E-state index contributed by atoms with van der Waals surface area (Å²) in [7, 11) is 0. The number of pyridine rings is 1. The molecule has 6 heteroatoms. The Bertz CT molecular complexity index is 1090. The third kappa shape index (κ3) is 3.33. The SMILES string of the molecule is Cc1cccc(CN2C[C@@H]3C[C@H](C2)c2ccc(C(=O)N4C[C@H]5C[C@@H]4CO5)c(=O)n2C3)c1. The molecule has 4 bridgehead atoms. The van der Waals surface area contributed by atoms with Gasteiger partial charge in [-0.05, 0) is 43.4 Å². The normalized spacial score (nSPS) is 29.3. The van der Waals surface area contributed by atoms with Gasteiger partial charge in [0, 0.05) is 44.3 Å². The van der Waals surface area contributed by atoms with Crippen molar-refractivity contribution in [3.63, 3.8) is 0 Å². The van der Waals surface area contributed by atoms with Crippen LogP contribution in [0.5, 0.6) is 0 Å². The summed E-state index contributed by atoms with van der Waals surface area (Å²) in [5, 5.41) is 0. The van der Waals surface area contributed by atoms with Gasteiger partial charge in [0.25, 0.3) is 11.5 Å². The first kappa shape index (κ1) is 19.3. The first-order chi connectivity index (χ1) is 15.0. The Labute approximate surface area is 182 Å². The number of amides is 1. The summed E-state index contributed by atoms with van der Waals surface area (Å²) in [4.78, 5) is 30.8. The highest BCUT2D eigenvalue weighted by molar-refractivity contribution is 5.94. The molecule has 0 N–H and O–H groups in total. The lowest BCUT2D eigenvalue weighted by molar-refractivity contribution is 0.0257. The number of carbonyl (C=O) groups is 1. The second kappa shape index (κ2) is 7.31. The van der Waals surface area contributed by atoms with Gasteiger partial charge in [0.2, 0.25) is 0 Å². The Morgan fingerprint density at radius 1 is 1.10 bits per heavy atom. The van der Waals surface area contributed by atoms with Crippen LogP contribution in [0.25, 0.3) is 0 Å². The van der Waals surface area contributed by atoms with Crippen LogP contribution in [0.1, 0.15) is 45.9 Å². The minimum atomic E-state index is -0.118. The molecular weight excluding hydrogens is 390 g/mol. The summed E-state index contributed by atoms with van der Waals surface area (Å²) in [6, 6.07) is 12.7. The molecule has 1 aromatic carbocycles. The Morgan fingerprint density at radius 2 is 2.00 bits per heavy atom. The number of rotatable bonds is 3. The van der Waals surface area contributed by atoms with Crippen LogP contribution in [-0.2, 0) is 17.8 Å². The number of hydrogen-bond acceptors (Lipinski definition) is 4. The molecule has 0 aliphatic carbocycles. The van der Waals surface area contributed by atoms with Crippen molar-refractivity contribution in [2.75, 3.05) is 26.2 Å². The van der Waals surface area contributed by atoms with E-state index in [1.54, 1.807) is 6.07 Å². The number of nitrogens with zero attached hydrogens (tertiary/aromatic N) is 3. The molecule has 3 saturated heterocycles. The molecule has 162 valence electrons. The monoisotopic (exact) mass is 419 g/mol. The zero-order valence-electron chi connectivity index (χ0n) is 18.0. The van der Waals surface area contributed by atoms with Crippen molar-refractivity contribution in [3.8, 4) is 0 Å². The fourth-order valence-corrected chi connectivity index (χ4v) is 6.21. The topological polar surface area (TPSA) is 54.8 Å². The summed E-state index contributed by atoms with van der Waals surface area (Å²) in [5.41, 5.74) is 3.96. The molecular formula is C25H29N3O3. The van der Waals surface area contributed by atoms with E-state index in [-0.39, 0.29) is 23.6 Å². The fourth-order valence-electron chi connectivity index (χ4n) is 6.21. The third-order valence-corrected chi connectivity index (χ3v) is 7.56. The number of fused-ring (bicyclic) bond motifs is 6. The average Bonchev–Trinajstić information content (AvgIpc) is 3.38. The van der Waals surface area contributed by atoms with Gasteiger partial charge >= 0.3 is 0 Å². The minimum Gasteiger partial charge on any atom is -0.374 e. The number of aryl methyl sites for hydroxylation is 1. The van der Waals surface area contributed by atoms with Crippen molar-refractivity contribution in [1.82, 2.24) is 14.4 Å². The third-order valence-electron chi connectivity index (χ3n) is 7.56. The van der Waals surface area contributed by atoms with Crippen LogP contribution in [0.4, 0.5) is 0 Å². The van der Waals surface area contributed by atoms with E-state index in [2.05, 4.69) is 36.1 Å². The van der Waals surface area contributed by atoms with Crippen molar-refractivity contribution >= 4 is 5.91 Å². The predicted octanol–water partition coefficient (Wildman–Crippen LogP) is 2.39. The Balaban J connectivity index is 1.24. The molecule has 0 radical (unpaired) electrons. The van der Waals surface area contributed by atoms with Crippen LogP contribution >= 0.6 is 0 Å². The zero-order chi connectivity index (χ0) is 21.1. The maximum Gasteiger partial charge on any atom is 0.263 e. The number of hydrogen-bond donors (Lipinski definition) is 0. The van der Waals surface area contributed by atoms with E-state index in [4.69, 9.17) is 4.74 Å². The second-order valence-electron chi connectivity index (χ2n) is 9.87. The van der Waals surface area contributed by atoms with Crippen LogP contribution in [-0.4, -0.2) is 58.7 Å². The molecule has 31 heavy (non-hydrogen) atoms. The molecule has 6 nitrogen and oxygen atoms in total. The largest absolute Gasteiger partial charge is 0.374 e. The number of benzene rings is 1.